The van der Waals surface area contributed by atoms with Crippen molar-refractivity contribution in [2.75, 3.05) is 7.11 Å². The van der Waals surface area contributed by atoms with Crippen LogP contribution in [0.5, 0.6) is 11.5 Å². The Kier molecular flexibility index (Phi) is 4.58. The fraction of sp³-hybridized carbons (Fsp3) is 0.200. The predicted octanol–water partition coefficient (Wildman–Crippen LogP) is 3.44. The summed E-state index contributed by atoms with van der Waals surface area (Å²) in [5.74, 6) is 1.08. The number of carbonyl (C=O) groups is 1. The first-order valence-electron chi connectivity index (χ1n) is 6.02. The number of aromatic nitrogens is 1. The highest BCUT2D eigenvalue weighted by Crippen LogP contribution is 2.28. The van der Waals surface area contributed by atoms with E-state index in [1.165, 1.54) is 0 Å². The van der Waals surface area contributed by atoms with Crippen molar-refractivity contribution in [2.45, 2.75) is 13.5 Å². The molecule has 0 atom stereocenters. The van der Waals surface area contributed by atoms with Gasteiger partial charge in [0, 0.05) is 17.8 Å². The second kappa shape index (κ2) is 6.39. The molecule has 0 fully saturated rings. The smallest absolute Gasteiger partial charge is 0.153 e. The minimum Gasteiger partial charge on any atom is -0.497 e. The van der Waals surface area contributed by atoms with Crippen molar-refractivity contribution in [3.05, 3.63) is 52.3 Å². The molecule has 0 amide bonds. The van der Waals surface area contributed by atoms with Crippen LogP contribution in [0.3, 0.4) is 0 Å². The van der Waals surface area contributed by atoms with E-state index in [1.54, 1.807) is 31.4 Å². The van der Waals surface area contributed by atoms with E-state index in [4.69, 9.17) is 21.1 Å². The van der Waals surface area contributed by atoms with Crippen LogP contribution in [-0.4, -0.2) is 18.4 Å². The van der Waals surface area contributed by atoms with Gasteiger partial charge in [-0.05, 0) is 19.1 Å². The summed E-state index contributed by atoms with van der Waals surface area (Å²) in [5.41, 5.74) is 1.95. The maximum atomic E-state index is 11.0. The fourth-order valence-corrected chi connectivity index (χ4v) is 2.05. The maximum absolute atomic E-state index is 11.0. The van der Waals surface area contributed by atoms with Crippen LogP contribution in [0.15, 0.2) is 30.3 Å². The first-order valence-corrected chi connectivity index (χ1v) is 6.40. The minimum absolute atomic E-state index is 0.211. The van der Waals surface area contributed by atoms with Gasteiger partial charge in [0.2, 0.25) is 0 Å². The highest BCUT2D eigenvalue weighted by atomic mass is 35.5. The Morgan fingerprint density at radius 3 is 2.85 bits per heavy atom. The lowest BCUT2D eigenvalue weighted by atomic mass is 10.2. The van der Waals surface area contributed by atoms with Gasteiger partial charge in [-0.25, -0.2) is 0 Å². The Morgan fingerprint density at radius 1 is 1.35 bits per heavy atom. The molecule has 2 aromatic rings. The van der Waals surface area contributed by atoms with E-state index in [0.717, 1.165) is 5.69 Å². The molecule has 0 N–H and O–H groups in total. The molecule has 0 aliphatic rings. The van der Waals surface area contributed by atoms with Gasteiger partial charge in [-0.3, -0.25) is 9.78 Å². The summed E-state index contributed by atoms with van der Waals surface area (Å²) in [5, 5.41) is 0.397. The largest absolute Gasteiger partial charge is 0.497 e. The Bertz CT molecular complexity index is 629. The number of pyridine rings is 1. The lowest BCUT2D eigenvalue weighted by Gasteiger charge is -2.11. The Hall–Kier alpha value is -2.07. The lowest BCUT2D eigenvalue weighted by molar-refractivity contribution is 0.111. The van der Waals surface area contributed by atoms with Crippen LogP contribution in [0.1, 0.15) is 21.7 Å². The van der Waals surface area contributed by atoms with Gasteiger partial charge in [0.05, 0.1) is 23.4 Å². The van der Waals surface area contributed by atoms with Gasteiger partial charge < -0.3 is 9.47 Å². The summed E-state index contributed by atoms with van der Waals surface area (Å²) in [6.07, 6.45) is 0.714. The summed E-state index contributed by atoms with van der Waals surface area (Å²) in [6, 6.07) is 8.64. The molecule has 0 saturated carbocycles. The summed E-state index contributed by atoms with van der Waals surface area (Å²) in [6.45, 7) is 2.08. The number of methoxy groups -OCH3 is 1. The second-order valence-corrected chi connectivity index (χ2v) is 4.61. The van der Waals surface area contributed by atoms with E-state index < -0.39 is 0 Å². The fourth-order valence-electron chi connectivity index (χ4n) is 1.81. The van der Waals surface area contributed by atoms with Crippen molar-refractivity contribution in [2.24, 2.45) is 0 Å². The Balaban J connectivity index is 2.21. The number of benzene rings is 1. The van der Waals surface area contributed by atoms with Crippen LogP contribution in [-0.2, 0) is 6.61 Å². The molecule has 104 valence electrons. The quantitative estimate of drug-likeness (QED) is 0.792. The van der Waals surface area contributed by atoms with E-state index in [1.807, 2.05) is 13.0 Å². The standard InChI is InChI=1S/C15H14ClNO3/c1-10-6-13(19-2)7-12(17-10)9-20-15-11(8-18)4-3-5-14(15)16/h3-8H,9H2,1-2H3. The zero-order valence-electron chi connectivity index (χ0n) is 11.2. The highest BCUT2D eigenvalue weighted by molar-refractivity contribution is 6.32. The summed E-state index contributed by atoms with van der Waals surface area (Å²) in [4.78, 5) is 15.3. The maximum Gasteiger partial charge on any atom is 0.153 e. The number of para-hydroxylation sites is 1. The third kappa shape index (κ3) is 3.27. The molecule has 1 aromatic carbocycles. The highest BCUT2D eigenvalue weighted by Gasteiger charge is 2.09. The molecule has 20 heavy (non-hydrogen) atoms. The number of aldehydes is 1. The number of ether oxygens (including phenoxy) is 2. The molecular formula is C15H14ClNO3. The van der Waals surface area contributed by atoms with Crippen molar-refractivity contribution < 1.29 is 14.3 Å². The number of rotatable bonds is 5. The van der Waals surface area contributed by atoms with Gasteiger partial charge in [-0.15, -0.1) is 0 Å². The van der Waals surface area contributed by atoms with Crippen LogP contribution in [0.4, 0.5) is 0 Å². The van der Waals surface area contributed by atoms with Gasteiger partial charge in [0.25, 0.3) is 0 Å². The molecule has 0 spiro atoms. The van der Waals surface area contributed by atoms with Crippen LogP contribution in [0.25, 0.3) is 0 Å². The number of aryl methyl sites for hydroxylation is 1. The summed E-state index contributed by atoms with van der Waals surface area (Å²) in [7, 11) is 1.60. The topological polar surface area (TPSA) is 48.4 Å². The average Bonchev–Trinajstić information content (AvgIpc) is 2.45. The summed E-state index contributed by atoms with van der Waals surface area (Å²) < 4.78 is 10.8. The number of hydrogen-bond donors (Lipinski definition) is 0. The van der Waals surface area contributed by atoms with Gasteiger partial charge >= 0.3 is 0 Å². The van der Waals surface area contributed by atoms with Crippen molar-refractivity contribution in [3.63, 3.8) is 0 Å². The molecule has 0 aliphatic carbocycles. The zero-order valence-corrected chi connectivity index (χ0v) is 12.0. The normalized spacial score (nSPS) is 10.2. The van der Waals surface area contributed by atoms with Crippen molar-refractivity contribution in [1.82, 2.24) is 4.98 Å². The number of hydrogen-bond acceptors (Lipinski definition) is 4. The van der Waals surface area contributed by atoms with Gasteiger partial charge in [0.15, 0.2) is 6.29 Å². The SMILES string of the molecule is COc1cc(C)nc(COc2c(Cl)cccc2C=O)c1. The van der Waals surface area contributed by atoms with E-state index in [0.29, 0.717) is 34.1 Å². The van der Waals surface area contributed by atoms with Gasteiger partial charge in [-0.2, -0.15) is 0 Å². The molecule has 0 bridgehead atoms. The lowest BCUT2D eigenvalue weighted by Crippen LogP contribution is -2.02. The second-order valence-electron chi connectivity index (χ2n) is 4.20. The first kappa shape index (κ1) is 14.3. The number of halogens is 1. The molecule has 0 radical (unpaired) electrons. The van der Waals surface area contributed by atoms with Gasteiger partial charge in [-0.1, -0.05) is 17.7 Å². The third-order valence-corrected chi connectivity index (χ3v) is 3.00. The predicted molar refractivity (Wildman–Crippen MR) is 76.7 cm³/mol. The van der Waals surface area contributed by atoms with Crippen molar-refractivity contribution in [1.29, 1.82) is 0 Å². The Morgan fingerprint density at radius 2 is 2.15 bits per heavy atom. The van der Waals surface area contributed by atoms with Crippen LogP contribution in [0, 0.1) is 6.92 Å². The molecule has 0 unspecified atom stereocenters. The molecular weight excluding hydrogens is 278 g/mol. The summed E-state index contributed by atoms with van der Waals surface area (Å²) >= 11 is 6.04. The molecule has 5 heteroatoms. The number of carbonyl (C=O) groups excluding carboxylic acids is 1. The van der Waals surface area contributed by atoms with Crippen molar-refractivity contribution >= 4 is 17.9 Å². The molecule has 0 aliphatic heterocycles. The van der Waals surface area contributed by atoms with Crippen LogP contribution >= 0.6 is 11.6 Å². The van der Waals surface area contributed by atoms with E-state index in [9.17, 15) is 4.79 Å². The first-order chi connectivity index (χ1) is 9.63. The molecule has 2 rings (SSSR count). The zero-order chi connectivity index (χ0) is 14.5. The van der Waals surface area contributed by atoms with E-state index >= 15 is 0 Å². The monoisotopic (exact) mass is 291 g/mol. The van der Waals surface area contributed by atoms with Crippen molar-refractivity contribution in [3.8, 4) is 11.5 Å². The number of nitrogens with zero attached hydrogens (tertiary/aromatic N) is 1. The molecule has 1 aromatic heterocycles. The van der Waals surface area contributed by atoms with Crippen LogP contribution in [0.2, 0.25) is 5.02 Å². The third-order valence-electron chi connectivity index (χ3n) is 2.70. The average molecular weight is 292 g/mol. The van der Waals surface area contributed by atoms with E-state index in [2.05, 4.69) is 4.98 Å². The minimum atomic E-state index is 0.211. The van der Waals surface area contributed by atoms with E-state index in [-0.39, 0.29) is 6.61 Å². The Labute approximate surface area is 122 Å². The van der Waals surface area contributed by atoms with Crippen LogP contribution < -0.4 is 9.47 Å². The molecule has 4 nitrogen and oxygen atoms in total. The molecule has 0 saturated heterocycles. The van der Waals surface area contributed by atoms with Gasteiger partial charge in [0.1, 0.15) is 18.1 Å². The molecule has 1 heterocycles.